The van der Waals surface area contributed by atoms with Gasteiger partial charge in [-0.3, -0.25) is 14.3 Å². The Hall–Kier alpha value is -2.67. The molecule has 6 nitrogen and oxygen atoms in total. The van der Waals surface area contributed by atoms with Crippen molar-refractivity contribution in [2.45, 2.75) is 50.4 Å². The number of benzene rings is 1. The van der Waals surface area contributed by atoms with Gasteiger partial charge in [-0.1, -0.05) is 30.0 Å². The highest BCUT2D eigenvalue weighted by atomic mass is 32.2. The van der Waals surface area contributed by atoms with E-state index in [0.717, 1.165) is 29.9 Å². The van der Waals surface area contributed by atoms with Crippen LogP contribution in [0.2, 0.25) is 0 Å². The fraction of sp³-hybridized carbons (Fsp3) is 0.364. The third-order valence-electron chi connectivity index (χ3n) is 5.39. The lowest BCUT2D eigenvalue weighted by molar-refractivity contribution is -0.134. The predicted molar refractivity (Wildman–Crippen MR) is 115 cm³/mol. The maximum absolute atomic E-state index is 13.0. The minimum absolute atomic E-state index is 0.169. The lowest BCUT2D eigenvalue weighted by Crippen LogP contribution is -2.48. The maximum Gasteiger partial charge on any atom is 0.233 e. The third kappa shape index (κ3) is 4.19. The van der Waals surface area contributed by atoms with Gasteiger partial charge in [0, 0.05) is 35.7 Å². The number of carbonyl (C=O) groups excluding carboxylic acids is 1. The van der Waals surface area contributed by atoms with Gasteiger partial charge in [-0.25, -0.2) is 0 Å². The van der Waals surface area contributed by atoms with Crippen molar-refractivity contribution in [3.8, 4) is 17.1 Å². The van der Waals surface area contributed by atoms with E-state index in [-0.39, 0.29) is 5.91 Å². The fourth-order valence-corrected chi connectivity index (χ4v) is 4.80. The van der Waals surface area contributed by atoms with E-state index in [4.69, 9.17) is 0 Å². The van der Waals surface area contributed by atoms with Crippen LogP contribution in [-0.4, -0.2) is 48.4 Å². The van der Waals surface area contributed by atoms with Gasteiger partial charge in [-0.05, 0) is 57.4 Å². The molecule has 1 aliphatic rings. The molecule has 1 amide bonds. The summed E-state index contributed by atoms with van der Waals surface area (Å²) < 4.78 is 2.01. The number of hydrogen-bond donors (Lipinski definition) is 0. The van der Waals surface area contributed by atoms with Crippen LogP contribution < -0.4 is 0 Å². The summed E-state index contributed by atoms with van der Waals surface area (Å²) in [6.07, 6.45) is 6.83. The van der Waals surface area contributed by atoms with Gasteiger partial charge in [0.15, 0.2) is 11.0 Å². The van der Waals surface area contributed by atoms with Crippen LogP contribution in [0.15, 0.2) is 60.0 Å². The number of likely N-dealkylation sites (tertiary alicyclic amines) is 1. The minimum Gasteiger partial charge on any atom is -0.337 e. The van der Waals surface area contributed by atoms with E-state index in [0.29, 0.717) is 23.0 Å². The van der Waals surface area contributed by atoms with Gasteiger partial charge in [-0.2, -0.15) is 0 Å². The topological polar surface area (TPSA) is 63.9 Å². The van der Waals surface area contributed by atoms with E-state index in [2.05, 4.69) is 29.0 Å². The Labute approximate surface area is 175 Å². The summed E-state index contributed by atoms with van der Waals surface area (Å²) in [7, 11) is 0. The Morgan fingerprint density at radius 2 is 1.72 bits per heavy atom. The SMILES string of the molecule is CC1CCCC(C)N1C(=O)CSc1nnc(-c2ccncc2)n1-c1ccccc1. The van der Waals surface area contributed by atoms with Crippen LogP contribution in [0.4, 0.5) is 0 Å². The summed E-state index contributed by atoms with van der Waals surface area (Å²) in [4.78, 5) is 19.1. The quantitative estimate of drug-likeness (QED) is 0.593. The molecular weight excluding hydrogens is 382 g/mol. The summed E-state index contributed by atoms with van der Waals surface area (Å²) in [6.45, 7) is 4.29. The van der Waals surface area contributed by atoms with E-state index in [9.17, 15) is 4.79 Å². The normalized spacial score (nSPS) is 19.3. The van der Waals surface area contributed by atoms with E-state index in [1.807, 2.05) is 51.9 Å². The van der Waals surface area contributed by atoms with Crippen LogP contribution in [0.5, 0.6) is 0 Å². The van der Waals surface area contributed by atoms with Crippen LogP contribution >= 0.6 is 11.8 Å². The van der Waals surface area contributed by atoms with Gasteiger partial charge in [0.05, 0.1) is 5.75 Å². The van der Waals surface area contributed by atoms with Crippen molar-refractivity contribution in [1.82, 2.24) is 24.6 Å². The largest absolute Gasteiger partial charge is 0.337 e. The molecule has 1 saturated heterocycles. The maximum atomic E-state index is 13.0. The molecule has 3 heterocycles. The van der Waals surface area contributed by atoms with Gasteiger partial charge < -0.3 is 4.90 Å². The zero-order valence-electron chi connectivity index (χ0n) is 16.7. The zero-order chi connectivity index (χ0) is 20.2. The summed E-state index contributed by atoms with van der Waals surface area (Å²) in [6, 6.07) is 14.4. The Balaban J connectivity index is 1.61. The standard InChI is InChI=1S/C22H25N5OS/c1-16-7-6-8-17(2)26(16)20(28)15-29-22-25-24-21(18-11-13-23-14-12-18)27(22)19-9-4-3-5-10-19/h3-5,9-14,16-17H,6-8,15H2,1-2H3. The first-order valence-electron chi connectivity index (χ1n) is 10.0. The molecule has 0 aliphatic carbocycles. The van der Waals surface area contributed by atoms with Crippen molar-refractivity contribution in [2.24, 2.45) is 0 Å². The number of carbonyl (C=O) groups is 1. The molecule has 7 heteroatoms. The fourth-order valence-electron chi connectivity index (χ4n) is 3.97. The molecule has 2 atom stereocenters. The molecule has 2 aromatic heterocycles. The number of hydrogen-bond acceptors (Lipinski definition) is 5. The van der Waals surface area contributed by atoms with E-state index >= 15 is 0 Å². The van der Waals surface area contributed by atoms with Crippen molar-refractivity contribution in [3.63, 3.8) is 0 Å². The molecule has 0 bridgehead atoms. The Bertz CT molecular complexity index is 950. The number of amides is 1. The molecule has 0 radical (unpaired) electrons. The Morgan fingerprint density at radius 1 is 1.03 bits per heavy atom. The van der Waals surface area contributed by atoms with Crippen LogP contribution in [0.3, 0.4) is 0 Å². The van der Waals surface area contributed by atoms with Gasteiger partial charge >= 0.3 is 0 Å². The third-order valence-corrected chi connectivity index (χ3v) is 6.31. The molecule has 150 valence electrons. The lowest BCUT2D eigenvalue weighted by Gasteiger charge is -2.39. The van der Waals surface area contributed by atoms with Gasteiger partial charge in [0.25, 0.3) is 0 Å². The monoisotopic (exact) mass is 407 g/mol. The number of thioether (sulfide) groups is 1. The second-order valence-electron chi connectivity index (χ2n) is 7.43. The number of piperidine rings is 1. The second-order valence-corrected chi connectivity index (χ2v) is 8.37. The van der Waals surface area contributed by atoms with E-state index in [1.54, 1.807) is 12.4 Å². The molecule has 0 spiro atoms. The molecule has 0 saturated carbocycles. The van der Waals surface area contributed by atoms with Gasteiger partial charge in [-0.15, -0.1) is 10.2 Å². The second kappa shape index (κ2) is 8.78. The summed E-state index contributed by atoms with van der Waals surface area (Å²) in [5, 5.41) is 9.55. The van der Waals surface area contributed by atoms with E-state index < -0.39 is 0 Å². The van der Waals surface area contributed by atoms with Crippen LogP contribution in [0.25, 0.3) is 17.1 Å². The van der Waals surface area contributed by atoms with Gasteiger partial charge in [0.1, 0.15) is 0 Å². The van der Waals surface area contributed by atoms with E-state index in [1.165, 1.54) is 18.2 Å². The average Bonchev–Trinajstić information content (AvgIpc) is 3.17. The first-order valence-corrected chi connectivity index (χ1v) is 11.0. The number of para-hydroxylation sites is 1. The Kier molecular flexibility index (Phi) is 5.94. The van der Waals surface area contributed by atoms with Gasteiger partial charge in [0.2, 0.25) is 5.91 Å². The number of aromatic nitrogens is 4. The van der Waals surface area contributed by atoms with Crippen LogP contribution in [-0.2, 0) is 4.79 Å². The lowest BCUT2D eigenvalue weighted by atomic mass is 9.98. The summed E-state index contributed by atoms with van der Waals surface area (Å²) in [5.74, 6) is 1.27. The minimum atomic E-state index is 0.169. The number of rotatable bonds is 5. The zero-order valence-corrected chi connectivity index (χ0v) is 17.5. The molecule has 3 aromatic rings. The first kappa shape index (κ1) is 19.6. The smallest absolute Gasteiger partial charge is 0.233 e. The highest BCUT2D eigenvalue weighted by Crippen LogP contribution is 2.29. The highest BCUT2D eigenvalue weighted by Gasteiger charge is 2.29. The molecule has 1 aromatic carbocycles. The molecular formula is C22H25N5OS. The highest BCUT2D eigenvalue weighted by molar-refractivity contribution is 7.99. The Morgan fingerprint density at radius 3 is 2.41 bits per heavy atom. The van der Waals surface area contributed by atoms with Crippen molar-refractivity contribution in [3.05, 3.63) is 54.9 Å². The van der Waals surface area contributed by atoms with Crippen molar-refractivity contribution >= 4 is 17.7 Å². The molecule has 0 N–H and O–H groups in total. The molecule has 1 aliphatic heterocycles. The molecule has 29 heavy (non-hydrogen) atoms. The first-order chi connectivity index (χ1) is 14.1. The average molecular weight is 408 g/mol. The van der Waals surface area contributed by atoms with Crippen molar-refractivity contribution in [2.75, 3.05) is 5.75 Å². The number of nitrogens with zero attached hydrogens (tertiary/aromatic N) is 5. The predicted octanol–water partition coefficient (Wildman–Crippen LogP) is 4.21. The summed E-state index contributed by atoms with van der Waals surface area (Å²) >= 11 is 1.45. The molecule has 2 unspecified atom stereocenters. The van der Waals surface area contributed by atoms with Crippen molar-refractivity contribution in [1.29, 1.82) is 0 Å². The van der Waals surface area contributed by atoms with Crippen molar-refractivity contribution < 1.29 is 4.79 Å². The summed E-state index contributed by atoms with van der Waals surface area (Å²) in [5.41, 5.74) is 1.91. The number of pyridine rings is 1. The van der Waals surface area contributed by atoms with Crippen LogP contribution in [0.1, 0.15) is 33.1 Å². The molecule has 1 fully saturated rings. The van der Waals surface area contributed by atoms with Crippen LogP contribution in [0, 0.1) is 0 Å². The molecule has 4 rings (SSSR count).